The van der Waals surface area contributed by atoms with Crippen molar-refractivity contribution in [3.05, 3.63) is 33.2 Å². The summed E-state index contributed by atoms with van der Waals surface area (Å²) in [6.45, 7) is 5.93. The van der Waals surface area contributed by atoms with Crippen LogP contribution in [-0.2, 0) is 20.0 Å². The quantitative estimate of drug-likeness (QED) is 0.649. The van der Waals surface area contributed by atoms with Crippen LogP contribution in [0.15, 0.2) is 4.42 Å². The molecule has 0 saturated carbocycles. The first-order valence-electron chi connectivity index (χ1n) is 6.81. The van der Waals surface area contributed by atoms with Crippen LogP contribution in [0.25, 0.3) is 0 Å². The molecule has 8 nitrogen and oxygen atoms in total. The molecule has 1 N–H and O–H groups in total. The molecule has 0 aromatic carbocycles. The van der Waals surface area contributed by atoms with Crippen molar-refractivity contribution >= 4 is 11.5 Å². The Morgan fingerprint density at radius 3 is 2.67 bits per heavy atom. The van der Waals surface area contributed by atoms with Crippen LogP contribution in [0.1, 0.15) is 36.4 Å². The average molecular weight is 293 g/mol. The van der Waals surface area contributed by atoms with Gasteiger partial charge in [0.25, 0.3) is 0 Å². The molecule has 0 aliphatic heterocycles. The lowest BCUT2D eigenvalue weighted by molar-refractivity contribution is -0.384. The predicted octanol–water partition coefficient (Wildman–Crippen LogP) is 2.50. The van der Waals surface area contributed by atoms with Gasteiger partial charge in [0.1, 0.15) is 11.5 Å². The van der Waals surface area contributed by atoms with Gasteiger partial charge in [-0.15, -0.1) is 0 Å². The number of nitrogens with zero attached hydrogens (tertiary/aromatic N) is 4. The number of hydrogen-bond donors (Lipinski definition) is 1. The van der Waals surface area contributed by atoms with E-state index in [0.717, 1.165) is 17.9 Å². The van der Waals surface area contributed by atoms with E-state index in [4.69, 9.17) is 4.42 Å². The first kappa shape index (κ1) is 15.0. The van der Waals surface area contributed by atoms with Crippen molar-refractivity contribution in [2.24, 2.45) is 7.05 Å². The van der Waals surface area contributed by atoms with Crippen LogP contribution in [0.2, 0.25) is 0 Å². The van der Waals surface area contributed by atoms with E-state index in [-0.39, 0.29) is 12.2 Å². The zero-order valence-electron chi connectivity index (χ0n) is 12.6. The standard InChI is InChI=1S/C13H19N5O3/c1-5-6-10-12(18(19)20)13(17(4)16-10)14-7-11-15-8(2)9(3)21-11/h14H,5-7H2,1-4H3. The molecule has 0 radical (unpaired) electrons. The van der Waals surface area contributed by atoms with E-state index in [1.165, 1.54) is 4.68 Å². The van der Waals surface area contributed by atoms with Gasteiger partial charge in [-0.25, -0.2) is 9.67 Å². The Balaban J connectivity index is 2.24. The zero-order valence-corrected chi connectivity index (χ0v) is 12.6. The second-order valence-electron chi connectivity index (χ2n) is 4.88. The second kappa shape index (κ2) is 5.94. The molecule has 0 bridgehead atoms. The molecule has 21 heavy (non-hydrogen) atoms. The summed E-state index contributed by atoms with van der Waals surface area (Å²) in [5.41, 5.74) is 1.34. The highest BCUT2D eigenvalue weighted by Crippen LogP contribution is 2.29. The highest BCUT2D eigenvalue weighted by Gasteiger charge is 2.26. The number of nitro groups is 1. The first-order chi connectivity index (χ1) is 9.93. The maximum atomic E-state index is 11.3. The van der Waals surface area contributed by atoms with Crippen LogP contribution in [0.4, 0.5) is 11.5 Å². The van der Waals surface area contributed by atoms with E-state index in [2.05, 4.69) is 15.4 Å². The Bertz CT molecular complexity index is 640. The number of anilines is 1. The largest absolute Gasteiger partial charge is 0.444 e. The number of aryl methyl sites for hydroxylation is 4. The Morgan fingerprint density at radius 2 is 2.14 bits per heavy atom. The Morgan fingerprint density at radius 1 is 1.43 bits per heavy atom. The van der Waals surface area contributed by atoms with Crippen molar-refractivity contribution in [1.82, 2.24) is 14.8 Å². The molecule has 2 aromatic rings. The van der Waals surface area contributed by atoms with Crippen molar-refractivity contribution in [2.75, 3.05) is 5.32 Å². The lowest BCUT2D eigenvalue weighted by Gasteiger charge is -2.03. The van der Waals surface area contributed by atoms with E-state index >= 15 is 0 Å². The van der Waals surface area contributed by atoms with Gasteiger partial charge >= 0.3 is 5.69 Å². The first-order valence-corrected chi connectivity index (χ1v) is 6.81. The van der Waals surface area contributed by atoms with Crippen LogP contribution >= 0.6 is 0 Å². The van der Waals surface area contributed by atoms with Gasteiger partial charge in [0.05, 0.1) is 17.2 Å². The summed E-state index contributed by atoms with van der Waals surface area (Å²) in [7, 11) is 1.68. The van der Waals surface area contributed by atoms with Crippen molar-refractivity contribution in [2.45, 2.75) is 40.2 Å². The summed E-state index contributed by atoms with van der Waals surface area (Å²) in [6, 6.07) is 0. The molecule has 0 atom stereocenters. The highest BCUT2D eigenvalue weighted by molar-refractivity contribution is 5.59. The normalized spacial score (nSPS) is 10.9. The predicted molar refractivity (Wildman–Crippen MR) is 77.2 cm³/mol. The fourth-order valence-electron chi connectivity index (χ4n) is 2.14. The molecule has 0 spiro atoms. The van der Waals surface area contributed by atoms with Gasteiger partial charge in [0.2, 0.25) is 11.7 Å². The summed E-state index contributed by atoms with van der Waals surface area (Å²) in [6.07, 6.45) is 1.37. The van der Waals surface area contributed by atoms with Crippen molar-refractivity contribution in [3.8, 4) is 0 Å². The van der Waals surface area contributed by atoms with Crippen LogP contribution in [0.5, 0.6) is 0 Å². The van der Waals surface area contributed by atoms with Gasteiger partial charge in [-0.3, -0.25) is 10.1 Å². The lowest BCUT2D eigenvalue weighted by Crippen LogP contribution is -2.06. The highest BCUT2D eigenvalue weighted by atomic mass is 16.6. The van der Waals surface area contributed by atoms with Crippen molar-refractivity contribution in [1.29, 1.82) is 0 Å². The van der Waals surface area contributed by atoms with E-state index in [9.17, 15) is 10.1 Å². The molecule has 0 amide bonds. The molecule has 0 aliphatic rings. The maximum absolute atomic E-state index is 11.3. The third-order valence-corrected chi connectivity index (χ3v) is 3.24. The third kappa shape index (κ3) is 3.04. The van der Waals surface area contributed by atoms with Gasteiger partial charge in [-0.1, -0.05) is 13.3 Å². The monoisotopic (exact) mass is 293 g/mol. The molecule has 2 aromatic heterocycles. The van der Waals surface area contributed by atoms with E-state index in [1.54, 1.807) is 7.05 Å². The van der Waals surface area contributed by atoms with Crippen LogP contribution in [0.3, 0.4) is 0 Å². The molecule has 2 rings (SSSR count). The van der Waals surface area contributed by atoms with Crippen molar-refractivity contribution < 1.29 is 9.34 Å². The van der Waals surface area contributed by atoms with Gasteiger partial charge in [-0.05, 0) is 20.3 Å². The average Bonchev–Trinajstić information content (AvgIpc) is 2.88. The summed E-state index contributed by atoms with van der Waals surface area (Å²) in [4.78, 5) is 15.1. The number of rotatable bonds is 6. The molecule has 0 saturated heterocycles. The number of nitrogens with one attached hydrogen (secondary N) is 1. The molecule has 114 valence electrons. The minimum Gasteiger partial charge on any atom is -0.444 e. The number of aromatic nitrogens is 3. The summed E-state index contributed by atoms with van der Waals surface area (Å²) < 4.78 is 6.95. The van der Waals surface area contributed by atoms with Crippen LogP contribution < -0.4 is 5.32 Å². The SMILES string of the molecule is CCCc1nn(C)c(NCc2nc(C)c(C)o2)c1[N+](=O)[O-]. The smallest absolute Gasteiger partial charge is 0.334 e. The lowest BCUT2D eigenvalue weighted by atomic mass is 10.2. The number of oxazole rings is 1. The molecular formula is C13H19N5O3. The summed E-state index contributed by atoms with van der Waals surface area (Å²) in [5, 5.41) is 18.5. The molecule has 0 aliphatic carbocycles. The number of hydrogen-bond acceptors (Lipinski definition) is 6. The van der Waals surface area contributed by atoms with Crippen molar-refractivity contribution in [3.63, 3.8) is 0 Å². The van der Waals surface area contributed by atoms with Gasteiger partial charge in [0.15, 0.2) is 0 Å². The molecule has 0 unspecified atom stereocenters. The van der Waals surface area contributed by atoms with Crippen LogP contribution in [0, 0.1) is 24.0 Å². The molecule has 0 fully saturated rings. The zero-order chi connectivity index (χ0) is 15.6. The molecule has 8 heteroatoms. The minimum atomic E-state index is -0.396. The molecule has 2 heterocycles. The van der Waals surface area contributed by atoms with E-state index in [1.807, 2.05) is 20.8 Å². The Hall–Kier alpha value is -2.38. The second-order valence-corrected chi connectivity index (χ2v) is 4.88. The van der Waals surface area contributed by atoms with Gasteiger partial charge in [-0.2, -0.15) is 5.10 Å². The fourth-order valence-corrected chi connectivity index (χ4v) is 2.14. The van der Waals surface area contributed by atoms with E-state index < -0.39 is 4.92 Å². The van der Waals surface area contributed by atoms with Gasteiger partial charge in [0, 0.05) is 7.05 Å². The topological polar surface area (TPSA) is 99.0 Å². The Labute approximate surface area is 122 Å². The van der Waals surface area contributed by atoms with Gasteiger partial charge < -0.3 is 9.73 Å². The molecular weight excluding hydrogens is 274 g/mol. The summed E-state index contributed by atoms with van der Waals surface area (Å²) >= 11 is 0. The Kier molecular flexibility index (Phi) is 4.25. The van der Waals surface area contributed by atoms with E-state index in [0.29, 0.717) is 23.8 Å². The minimum absolute atomic E-state index is 0.0272. The third-order valence-electron chi connectivity index (χ3n) is 3.24. The van der Waals surface area contributed by atoms with Crippen LogP contribution in [-0.4, -0.2) is 19.7 Å². The maximum Gasteiger partial charge on any atom is 0.334 e. The fraction of sp³-hybridized carbons (Fsp3) is 0.538. The summed E-state index contributed by atoms with van der Waals surface area (Å²) in [5.74, 6) is 1.62.